The molecule has 0 aliphatic heterocycles. The zero-order chi connectivity index (χ0) is 63.8. The molecule has 460 valence electrons. The van der Waals surface area contributed by atoms with Crippen LogP contribution in [0.1, 0.15) is 138 Å². The number of aliphatic hydroxyl groups excluding tert-OH is 1. The Kier molecular flexibility index (Phi) is 17.3. The summed E-state index contributed by atoms with van der Waals surface area (Å²) in [4.78, 5) is 80.8. The molecule has 8 aromatic carbocycles. The number of ether oxygens (including phenoxy) is 2. The summed E-state index contributed by atoms with van der Waals surface area (Å²) in [6.45, 7) is 0. The number of methoxy groups -OCH3 is 2. The minimum atomic E-state index is -1.38. The van der Waals surface area contributed by atoms with Gasteiger partial charge in [-0.15, -0.1) is 0 Å². The van der Waals surface area contributed by atoms with Crippen molar-refractivity contribution in [2.75, 3.05) is 14.2 Å². The lowest BCUT2D eigenvalue weighted by molar-refractivity contribution is -0.133. The van der Waals surface area contributed by atoms with Crippen LogP contribution in [0.4, 0.5) is 8.78 Å². The quantitative estimate of drug-likeness (QED) is 0.0528. The number of aromatic nitrogens is 1. The highest BCUT2D eigenvalue weighted by molar-refractivity contribution is 6.30. The van der Waals surface area contributed by atoms with Crippen LogP contribution in [0.2, 0.25) is 5.02 Å². The van der Waals surface area contributed by atoms with Crippen molar-refractivity contribution >= 4 is 41.1 Å². The average molecular weight is 1240 g/mol. The Morgan fingerprint density at radius 1 is 0.505 bits per heavy atom. The molecule has 0 fully saturated rings. The molecule has 1 unspecified atom stereocenters. The molecular formula is C73H64ClF2N7O8. The monoisotopic (exact) mass is 1240 g/mol. The van der Waals surface area contributed by atoms with E-state index in [1.807, 2.05) is 30.3 Å². The zero-order valence-electron chi connectivity index (χ0n) is 49.7. The van der Waals surface area contributed by atoms with Gasteiger partial charge in [0.1, 0.15) is 47.5 Å². The Morgan fingerprint density at radius 2 is 1.00 bits per heavy atom. The standard InChI is InChI=1S/C73H64ClF2N7O8/c1-90-53-36-58-55(60(75)38-53)28-31-63(58)82(71(87)48-23-17-42(18-24-48)41-13-19-46(20-14-41)66(69(78)85)81(73(89)51-12-7-33-80-40-51)62-30-26-44-25-27-52(74)35-57(44)62)67(70(79)86)47-21-15-43(16-22-47)49-10-6-11-50(34-49)72(88)83(65(68(77)84)45-8-4-3-5-9-45)64-32-29-56-59(64)37-54(91-2)39-61(56)76/h3-25,27,33-40,62-67,73,89H,26,28-32H2,1-2H3,(H2,77,84)(H2,78,85)(H2,79,86)/t62-,63-,64-,65-,66-,67+,73?/m1/s1. The van der Waals surface area contributed by atoms with Gasteiger partial charge in [-0.05, 0) is 165 Å². The van der Waals surface area contributed by atoms with Crippen LogP contribution >= 0.6 is 11.6 Å². The van der Waals surface area contributed by atoms with Crippen molar-refractivity contribution < 1.29 is 47.3 Å². The van der Waals surface area contributed by atoms with Crippen molar-refractivity contribution in [3.63, 3.8) is 0 Å². The molecule has 0 saturated carbocycles. The van der Waals surface area contributed by atoms with Crippen LogP contribution < -0.4 is 26.7 Å². The molecule has 5 amide bonds. The van der Waals surface area contributed by atoms with Crippen molar-refractivity contribution in [2.45, 2.75) is 81.0 Å². The first-order valence-electron chi connectivity index (χ1n) is 29.9. The molecule has 12 rings (SSSR count). The van der Waals surface area contributed by atoms with Crippen molar-refractivity contribution in [2.24, 2.45) is 17.2 Å². The Morgan fingerprint density at radius 3 is 1.53 bits per heavy atom. The Labute approximate surface area is 529 Å². The molecule has 1 heterocycles. The van der Waals surface area contributed by atoms with E-state index in [1.54, 1.807) is 157 Å². The summed E-state index contributed by atoms with van der Waals surface area (Å²) in [6, 6.07) is 45.8. The van der Waals surface area contributed by atoms with Gasteiger partial charge < -0.3 is 41.6 Å². The third-order valence-corrected chi connectivity index (χ3v) is 18.2. The second kappa shape index (κ2) is 25.8. The van der Waals surface area contributed by atoms with Gasteiger partial charge in [-0.1, -0.05) is 127 Å². The number of rotatable bonds is 20. The maximum absolute atomic E-state index is 15.9. The average Bonchev–Trinajstić information content (AvgIpc) is 1.82. The molecular weight excluding hydrogens is 1180 g/mol. The fraction of sp³-hybridized carbons (Fsp3) is 0.205. The molecule has 7 N–H and O–H groups in total. The van der Waals surface area contributed by atoms with E-state index in [0.29, 0.717) is 91.9 Å². The van der Waals surface area contributed by atoms with E-state index in [1.165, 1.54) is 36.2 Å². The highest BCUT2D eigenvalue weighted by atomic mass is 35.5. The number of hydrogen-bond donors (Lipinski definition) is 4. The second-order valence-corrected chi connectivity index (χ2v) is 23.6. The highest BCUT2D eigenvalue weighted by Crippen LogP contribution is 2.48. The van der Waals surface area contributed by atoms with Crippen molar-refractivity contribution in [3.05, 3.63) is 278 Å². The molecule has 0 saturated heterocycles. The number of hydrogen-bond acceptors (Lipinski definition) is 10. The molecule has 3 aliphatic carbocycles. The number of amides is 5. The Balaban J connectivity index is 0.852. The lowest BCUT2D eigenvalue weighted by atomic mass is 9.94. The fourth-order valence-corrected chi connectivity index (χ4v) is 13.9. The topological polar surface area (TPSA) is 225 Å². The largest absolute Gasteiger partial charge is 0.497 e. The van der Waals surface area contributed by atoms with E-state index < -0.39 is 83.6 Å². The number of aliphatic hydroxyl groups is 1. The third-order valence-electron chi connectivity index (χ3n) is 18.0. The fourth-order valence-electron chi connectivity index (χ4n) is 13.7. The van der Waals surface area contributed by atoms with Crippen molar-refractivity contribution in [1.82, 2.24) is 19.7 Å². The molecule has 0 spiro atoms. The van der Waals surface area contributed by atoms with E-state index >= 15 is 18.4 Å². The van der Waals surface area contributed by atoms with E-state index in [4.69, 9.17) is 38.3 Å². The van der Waals surface area contributed by atoms with Gasteiger partial charge in [0.05, 0.1) is 26.3 Å². The number of carbonyl (C=O) groups is 5. The van der Waals surface area contributed by atoms with Crippen molar-refractivity contribution in [3.8, 4) is 33.8 Å². The minimum absolute atomic E-state index is 0.206. The number of nitrogens with two attached hydrogens (primary N) is 3. The predicted octanol–water partition coefficient (Wildman–Crippen LogP) is 12.3. The summed E-state index contributed by atoms with van der Waals surface area (Å²) >= 11 is 6.51. The first kappa shape index (κ1) is 61.2. The molecule has 7 atom stereocenters. The number of carbonyl (C=O) groups excluding carboxylic acids is 5. The maximum Gasteiger partial charge on any atom is 0.255 e. The van der Waals surface area contributed by atoms with Crippen LogP contribution in [0.5, 0.6) is 11.5 Å². The summed E-state index contributed by atoms with van der Waals surface area (Å²) in [5, 5.41) is 12.6. The van der Waals surface area contributed by atoms with Crippen molar-refractivity contribution in [1.29, 1.82) is 0 Å². The third kappa shape index (κ3) is 11.9. The van der Waals surface area contributed by atoms with Gasteiger partial charge >= 0.3 is 0 Å². The summed E-state index contributed by atoms with van der Waals surface area (Å²) < 4.78 is 42.4. The van der Waals surface area contributed by atoms with Gasteiger partial charge in [0.2, 0.25) is 17.7 Å². The summed E-state index contributed by atoms with van der Waals surface area (Å²) in [6.07, 6.45) is 4.32. The molecule has 15 nitrogen and oxygen atoms in total. The van der Waals surface area contributed by atoms with Gasteiger partial charge in [-0.25, -0.2) is 8.78 Å². The predicted molar refractivity (Wildman–Crippen MR) is 340 cm³/mol. The first-order valence-corrected chi connectivity index (χ1v) is 30.2. The van der Waals surface area contributed by atoms with Crippen LogP contribution in [0.3, 0.4) is 0 Å². The number of benzene rings is 8. The highest BCUT2D eigenvalue weighted by Gasteiger charge is 2.44. The van der Waals surface area contributed by atoms with E-state index in [2.05, 4.69) is 4.98 Å². The normalized spacial score (nSPS) is 16.8. The molecule has 0 radical (unpaired) electrons. The lowest BCUT2D eigenvalue weighted by Crippen LogP contribution is -2.43. The van der Waals surface area contributed by atoms with Gasteiger partial charge in [0.25, 0.3) is 11.8 Å². The number of nitrogens with zero attached hydrogens (tertiary/aromatic N) is 4. The molecule has 9 aromatic rings. The summed E-state index contributed by atoms with van der Waals surface area (Å²) in [5.41, 5.74) is 27.4. The molecule has 1 aromatic heterocycles. The molecule has 91 heavy (non-hydrogen) atoms. The van der Waals surface area contributed by atoms with E-state index in [0.717, 1.165) is 16.7 Å². The van der Waals surface area contributed by atoms with E-state index in [-0.39, 0.29) is 35.5 Å². The Hall–Kier alpha value is -10.1. The van der Waals surface area contributed by atoms with Crippen LogP contribution in [0, 0.1) is 11.6 Å². The zero-order valence-corrected chi connectivity index (χ0v) is 50.5. The first-order chi connectivity index (χ1) is 44.0. The van der Waals surface area contributed by atoms with Crippen LogP contribution in [-0.2, 0) is 33.6 Å². The van der Waals surface area contributed by atoms with Crippen LogP contribution in [0.15, 0.2) is 194 Å². The summed E-state index contributed by atoms with van der Waals surface area (Å²) in [5.74, 6) is -3.88. The number of primary amides is 3. The molecule has 0 bridgehead atoms. The smallest absolute Gasteiger partial charge is 0.255 e. The Bertz CT molecular complexity index is 4260. The van der Waals surface area contributed by atoms with Gasteiger partial charge in [0.15, 0.2) is 0 Å². The maximum atomic E-state index is 15.9. The lowest BCUT2D eigenvalue weighted by Gasteiger charge is -2.39. The van der Waals surface area contributed by atoms with Gasteiger partial charge in [-0.3, -0.25) is 33.9 Å². The van der Waals surface area contributed by atoms with Crippen LogP contribution in [0.25, 0.3) is 22.3 Å². The number of aryl methyl sites for hydroxylation is 1. The number of fused-ring (bicyclic) bond motifs is 3. The SMILES string of the molecule is COc1cc(F)c2c(c1)[C@H](N(C(=O)c1ccc(-c3ccc([C@H](C(N)=O)N(C(O)c4cccnc4)[C@@H]4CCc5ccc(Cl)cc54)cc3)cc1)[C@H](C(N)=O)c1ccc(-c3cccc(C(=O)N([C@@H]4CCc5c(F)cc(OC)cc54)[C@@H](C(N)=O)c4ccccc4)c3)cc1)CC2. The molecule has 3 aliphatic rings. The van der Waals surface area contributed by atoms with Gasteiger partial charge in [-0.2, -0.15) is 0 Å². The van der Waals surface area contributed by atoms with Gasteiger partial charge in [0, 0.05) is 52.3 Å². The summed E-state index contributed by atoms with van der Waals surface area (Å²) in [7, 11) is 2.85. The van der Waals surface area contributed by atoms with E-state index in [9.17, 15) is 19.5 Å². The second-order valence-electron chi connectivity index (χ2n) is 23.1. The molecule has 18 heteroatoms. The van der Waals surface area contributed by atoms with Crippen LogP contribution in [-0.4, -0.2) is 68.5 Å². The number of pyridine rings is 1. The number of halogens is 3. The minimum Gasteiger partial charge on any atom is -0.497 e.